The van der Waals surface area contributed by atoms with E-state index in [1.807, 2.05) is 0 Å². The van der Waals surface area contributed by atoms with Gasteiger partial charge in [-0.3, -0.25) is 9.59 Å². The molecule has 2 N–H and O–H groups in total. The molecular weight excluding hydrogens is 392 g/mol. The molecule has 0 saturated carbocycles. The summed E-state index contributed by atoms with van der Waals surface area (Å²) in [5.74, 6) is -3.05. The molecule has 10 heteroatoms. The van der Waals surface area contributed by atoms with E-state index in [4.69, 9.17) is 0 Å². The van der Waals surface area contributed by atoms with E-state index in [-0.39, 0.29) is 33.9 Å². The summed E-state index contributed by atoms with van der Waals surface area (Å²) in [5.41, 5.74) is 0.757. The standard InChI is InChI=1S/C20H16N4O6/c25-17-8-2-6-15(23(17)29)19(27)21-11-13-4-1-5-14(10-13)12-22-20(28)16-7-3-9-18(26)24(16)30/h1-10H,11-12H2,(H,21,27)(H,22,28). The SMILES string of the molecule is [O]c1cccc(C(=O)NCc2cccc(CNC(=O)c3cccc([O])[n+]3[O-])c2)[n+]1[O-]. The Kier molecular flexibility index (Phi) is 5.97. The normalized spacial score (nSPS) is 10.4. The zero-order chi connectivity index (χ0) is 21.7. The highest BCUT2D eigenvalue weighted by Crippen LogP contribution is 2.08. The van der Waals surface area contributed by atoms with Crippen LogP contribution in [0.15, 0.2) is 60.7 Å². The van der Waals surface area contributed by atoms with Gasteiger partial charge in [0.2, 0.25) is 0 Å². The summed E-state index contributed by atoms with van der Waals surface area (Å²) in [5, 5.41) is 51.1. The predicted molar refractivity (Wildman–Crippen MR) is 99.9 cm³/mol. The summed E-state index contributed by atoms with van der Waals surface area (Å²) in [4.78, 5) is 24.2. The number of aromatic nitrogens is 2. The number of nitrogens with zero attached hydrogens (tertiary/aromatic N) is 2. The molecule has 30 heavy (non-hydrogen) atoms. The molecular formula is C20H16N4O6. The monoisotopic (exact) mass is 408 g/mol. The van der Waals surface area contributed by atoms with Crippen molar-refractivity contribution in [3.8, 4) is 11.8 Å². The summed E-state index contributed by atoms with van der Waals surface area (Å²) in [7, 11) is 0. The summed E-state index contributed by atoms with van der Waals surface area (Å²) in [6.45, 7) is 0.172. The zero-order valence-corrected chi connectivity index (χ0v) is 15.5. The van der Waals surface area contributed by atoms with E-state index in [1.165, 1.54) is 24.3 Å². The predicted octanol–water partition coefficient (Wildman–Crippen LogP) is 1.10. The van der Waals surface area contributed by atoms with E-state index in [9.17, 15) is 30.2 Å². The number of benzene rings is 1. The lowest BCUT2D eigenvalue weighted by Crippen LogP contribution is -2.39. The third-order valence-electron chi connectivity index (χ3n) is 4.19. The highest BCUT2D eigenvalue weighted by atomic mass is 16.5. The number of nitrogens with one attached hydrogen (secondary N) is 2. The van der Waals surface area contributed by atoms with E-state index >= 15 is 0 Å². The maximum Gasteiger partial charge on any atom is 0.423 e. The first kappa shape index (κ1) is 20.4. The lowest BCUT2D eigenvalue weighted by Gasteiger charge is -2.09. The van der Waals surface area contributed by atoms with Gasteiger partial charge in [-0.15, -0.1) is 9.46 Å². The molecule has 2 heterocycles. The van der Waals surface area contributed by atoms with Crippen molar-refractivity contribution in [1.29, 1.82) is 0 Å². The molecule has 3 aromatic rings. The van der Waals surface area contributed by atoms with E-state index in [0.717, 1.165) is 12.1 Å². The fourth-order valence-corrected chi connectivity index (χ4v) is 2.68. The van der Waals surface area contributed by atoms with E-state index < -0.39 is 23.6 Å². The summed E-state index contributed by atoms with van der Waals surface area (Å²) >= 11 is 0. The Balaban J connectivity index is 1.61. The molecule has 0 aliphatic rings. The second kappa shape index (κ2) is 8.78. The van der Waals surface area contributed by atoms with Crippen LogP contribution in [-0.2, 0) is 23.3 Å². The van der Waals surface area contributed by atoms with Gasteiger partial charge in [0.1, 0.15) is 0 Å². The average Bonchev–Trinajstić information content (AvgIpc) is 2.74. The van der Waals surface area contributed by atoms with E-state index in [2.05, 4.69) is 10.6 Å². The van der Waals surface area contributed by atoms with Crippen LogP contribution in [0.3, 0.4) is 0 Å². The lowest BCUT2D eigenvalue weighted by atomic mass is 10.1. The Morgan fingerprint density at radius 3 is 1.53 bits per heavy atom. The number of carbonyl (C=O) groups excluding carboxylic acids is 2. The van der Waals surface area contributed by atoms with Crippen LogP contribution in [0.1, 0.15) is 32.1 Å². The van der Waals surface area contributed by atoms with Crippen molar-refractivity contribution in [3.63, 3.8) is 0 Å². The summed E-state index contributed by atoms with van der Waals surface area (Å²) in [6.07, 6.45) is 0. The van der Waals surface area contributed by atoms with Crippen LogP contribution in [0.2, 0.25) is 0 Å². The molecule has 0 atom stereocenters. The van der Waals surface area contributed by atoms with Crippen molar-refractivity contribution in [3.05, 3.63) is 93.6 Å². The van der Waals surface area contributed by atoms with E-state index in [1.54, 1.807) is 24.3 Å². The quantitative estimate of drug-likeness (QED) is 0.463. The van der Waals surface area contributed by atoms with Crippen molar-refractivity contribution in [2.75, 3.05) is 0 Å². The van der Waals surface area contributed by atoms with Crippen molar-refractivity contribution in [2.24, 2.45) is 0 Å². The summed E-state index contributed by atoms with van der Waals surface area (Å²) in [6, 6.07) is 14.1. The number of pyridine rings is 2. The van der Waals surface area contributed by atoms with Crippen LogP contribution < -0.4 is 20.1 Å². The average molecular weight is 408 g/mol. The van der Waals surface area contributed by atoms with Crippen LogP contribution >= 0.6 is 0 Å². The van der Waals surface area contributed by atoms with Gasteiger partial charge < -0.3 is 21.0 Å². The Hall–Kier alpha value is -4.34. The molecule has 0 fully saturated rings. The molecule has 0 aliphatic carbocycles. The number of amides is 2. The molecule has 0 spiro atoms. The zero-order valence-electron chi connectivity index (χ0n) is 15.5. The second-order valence-electron chi connectivity index (χ2n) is 6.27. The molecule has 0 aliphatic heterocycles. The number of hydrogen-bond donors (Lipinski definition) is 2. The van der Waals surface area contributed by atoms with E-state index in [0.29, 0.717) is 11.1 Å². The number of rotatable bonds is 6. The van der Waals surface area contributed by atoms with Crippen molar-refractivity contribution in [2.45, 2.75) is 13.1 Å². The lowest BCUT2D eigenvalue weighted by molar-refractivity contribution is -0.619. The van der Waals surface area contributed by atoms with Crippen LogP contribution in [0.4, 0.5) is 0 Å². The van der Waals surface area contributed by atoms with Crippen LogP contribution in [-0.4, -0.2) is 11.8 Å². The third-order valence-corrected chi connectivity index (χ3v) is 4.19. The van der Waals surface area contributed by atoms with Gasteiger partial charge in [0.15, 0.2) is 0 Å². The van der Waals surface area contributed by atoms with Crippen LogP contribution in [0.25, 0.3) is 0 Å². The molecule has 2 aromatic heterocycles. The minimum absolute atomic E-state index is 0.0144. The van der Waals surface area contributed by atoms with Gasteiger partial charge in [-0.25, -0.2) is 10.2 Å². The third kappa shape index (κ3) is 4.55. The Morgan fingerprint density at radius 2 is 1.10 bits per heavy atom. The minimum atomic E-state index is -0.831. The molecule has 3 rings (SSSR count). The number of hydrogen-bond acceptors (Lipinski definition) is 4. The van der Waals surface area contributed by atoms with Gasteiger partial charge in [-0.2, -0.15) is 0 Å². The smallest absolute Gasteiger partial charge is 0.423 e. The van der Waals surface area contributed by atoms with Crippen LogP contribution in [0.5, 0.6) is 11.8 Å². The molecule has 0 bridgehead atoms. The van der Waals surface area contributed by atoms with Crippen molar-refractivity contribution < 1.29 is 29.3 Å². The Bertz CT molecular complexity index is 1020. The van der Waals surface area contributed by atoms with Gasteiger partial charge >= 0.3 is 23.6 Å². The Labute approximate surface area is 170 Å². The largest absolute Gasteiger partial charge is 0.615 e. The molecule has 2 amide bonds. The second-order valence-corrected chi connectivity index (χ2v) is 6.27. The first-order valence-electron chi connectivity index (χ1n) is 8.80. The molecule has 152 valence electrons. The van der Waals surface area contributed by atoms with Crippen LogP contribution in [0, 0.1) is 10.4 Å². The fourth-order valence-electron chi connectivity index (χ4n) is 2.68. The van der Waals surface area contributed by atoms with Gasteiger partial charge in [-0.1, -0.05) is 24.3 Å². The van der Waals surface area contributed by atoms with Crippen molar-refractivity contribution >= 4 is 11.8 Å². The molecule has 2 radical (unpaired) electrons. The number of carbonyl (C=O) groups is 2. The highest BCUT2D eigenvalue weighted by molar-refractivity contribution is 5.91. The highest BCUT2D eigenvalue weighted by Gasteiger charge is 2.20. The molecule has 0 saturated heterocycles. The van der Waals surface area contributed by atoms with Gasteiger partial charge in [0.05, 0.1) is 12.1 Å². The maximum atomic E-state index is 12.1. The van der Waals surface area contributed by atoms with Crippen molar-refractivity contribution in [1.82, 2.24) is 10.6 Å². The first-order chi connectivity index (χ1) is 14.4. The maximum absolute atomic E-state index is 12.1. The first-order valence-corrected chi connectivity index (χ1v) is 8.80. The molecule has 10 nitrogen and oxygen atoms in total. The van der Waals surface area contributed by atoms with Gasteiger partial charge in [0.25, 0.3) is 11.4 Å². The summed E-state index contributed by atoms with van der Waals surface area (Å²) < 4.78 is 0.0287. The van der Waals surface area contributed by atoms with Gasteiger partial charge in [-0.05, 0) is 23.3 Å². The minimum Gasteiger partial charge on any atom is -0.615 e. The molecule has 1 aromatic carbocycles. The molecule has 0 unspecified atom stereocenters. The topological polar surface area (TPSA) is 152 Å². The fraction of sp³-hybridized carbons (Fsp3) is 0.100. The van der Waals surface area contributed by atoms with Gasteiger partial charge in [0, 0.05) is 25.2 Å². The Morgan fingerprint density at radius 1 is 0.700 bits per heavy atom.